The van der Waals surface area contributed by atoms with Gasteiger partial charge in [-0.15, -0.1) is 0 Å². The van der Waals surface area contributed by atoms with Gasteiger partial charge in [0.1, 0.15) is 17.3 Å². The van der Waals surface area contributed by atoms with Gasteiger partial charge in [-0.25, -0.2) is 0 Å². The van der Waals surface area contributed by atoms with Gasteiger partial charge in [-0.3, -0.25) is 14.4 Å². The molecule has 0 aromatic carbocycles. The Hall–Kier alpha value is -2.59. The third-order valence-electron chi connectivity index (χ3n) is 6.29. The third-order valence-corrected chi connectivity index (χ3v) is 6.29. The summed E-state index contributed by atoms with van der Waals surface area (Å²) in [5, 5.41) is 27.5. The van der Waals surface area contributed by atoms with Gasteiger partial charge in [0.05, 0.1) is 0 Å². The standard InChI is InChI=1S/3C10H11F7O2.Er/c3*1-7(2,3)5(18)4-6(19)8(11,12)9(13,14)10(15,16)17;/h3*4,18H,1-3H3;. The summed E-state index contributed by atoms with van der Waals surface area (Å²) in [5.41, 5.74) is -3.75. The van der Waals surface area contributed by atoms with Crippen molar-refractivity contribution in [2.75, 3.05) is 0 Å². The molecule has 0 atom stereocenters. The van der Waals surface area contributed by atoms with Gasteiger partial charge in [0.2, 0.25) is 17.3 Å². The minimum Gasteiger partial charge on any atom is -0.512 e. The molecule has 0 fully saturated rings. The Balaban J connectivity index is -0.000000374. The van der Waals surface area contributed by atoms with Crippen LogP contribution in [0, 0.1) is 53.6 Å². The van der Waals surface area contributed by atoms with E-state index in [4.69, 9.17) is 15.3 Å². The van der Waals surface area contributed by atoms with E-state index in [0.717, 1.165) is 0 Å². The minimum atomic E-state index is -6.59. The predicted molar refractivity (Wildman–Crippen MR) is 153 cm³/mol. The van der Waals surface area contributed by atoms with E-state index in [0.29, 0.717) is 0 Å². The van der Waals surface area contributed by atoms with E-state index in [1.54, 1.807) is 0 Å². The number of ketones is 3. The number of carbonyl (C=O) groups is 3. The molecule has 0 bridgehead atoms. The third kappa shape index (κ3) is 14.8. The number of hydrogen-bond donors (Lipinski definition) is 3. The molecule has 0 unspecified atom stereocenters. The number of allylic oxidation sites excluding steroid dienone is 6. The van der Waals surface area contributed by atoms with Gasteiger partial charge < -0.3 is 15.3 Å². The van der Waals surface area contributed by atoms with Gasteiger partial charge in [0.25, 0.3) is 0 Å². The van der Waals surface area contributed by atoms with Crippen LogP contribution < -0.4 is 0 Å². The Morgan fingerprint density at radius 3 is 0.534 bits per heavy atom. The first-order valence-corrected chi connectivity index (χ1v) is 14.5. The molecule has 0 aromatic heterocycles. The van der Waals surface area contributed by atoms with Crippen molar-refractivity contribution in [3.8, 4) is 0 Å². The number of rotatable bonds is 9. The largest absolute Gasteiger partial charge is 0.512 e. The summed E-state index contributed by atoms with van der Waals surface area (Å²) in [6, 6.07) is 0. The Kier molecular flexibility index (Phi) is 20.3. The van der Waals surface area contributed by atoms with Crippen LogP contribution in [0.1, 0.15) is 62.3 Å². The maximum atomic E-state index is 12.9. The zero-order valence-corrected chi connectivity index (χ0v) is 32.4. The normalized spacial score (nSPS) is 15.3. The zero-order valence-electron chi connectivity index (χ0n) is 30.5. The molecule has 0 heterocycles. The predicted octanol–water partition coefficient (Wildman–Crippen LogP) is 11.6. The fourth-order valence-corrected chi connectivity index (χ4v) is 2.29. The molecular weight excluding hydrogens is 1020 g/mol. The maximum absolute atomic E-state index is 12.9. The quantitative estimate of drug-likeness (QED) is 0.120. The van der Waals surface area contributed by atoms with Gasteiger partial charge >= 0.3 is 54.1 Å². The van der Waals surface area contributed by atoms with Crippen LogP contribution in [0.15, 0.2) is 35.5 Å². The van der Waals surface area contributed by atoms with Crippen LogP contribution in [0.25, 0.3) is 0 Å². The number of hydrogen-bond acceptors (Lipinski definition) is 6. The molecule has 0 saturated heterocycles. The average molecular weight is 1060 g/mol. The second-order valence-corrected chi connectivity index (χ2v) is 14.4. The van der Waals surface area contributed by atoms with Crippen LogP contribution >= 0.6 is 0 Å². The van der Waals surface area contributed by atoms with Crippen molar-refractivity contribution in [1.82, 2.24) is 0 Å². The van der Waals surface area contributed by atoms with Crippen LogP contribution in [0.5, 0.6) is 0 Å². The van der Waals surface area contributed by atoms with E-state index < -0.39 is 105 Å². The Morgan fingerprint density at radius 2 is 0.448 bits per heavy atom. The molecule has 348 valence electrons. The molecule has 58 heavy (non-hydrogen) atoms. The molecule has 28 heteroatoms. The van der Waals surface area contributed by atoms with Crippen molar-refractivity contribution in [2.24, 2.45) is 16.2 Å². The summed E-state index contributed by atoms with van der Waals surface area (Å²) < 4.78 is 258. The van der Waals surface area contributed by atoms with Gasteiger partial charge in [-0.2, -0.15) is 92.2 Å². The fraction of sp³-hybridized carbons (Fsp3) is 0.700. The van der Waals surface area contributed by atoms with Crippen molar-refractivity contribution in [3.63, 3.8) is 0 Å². The van der Waals surface area contributed by atoms with Crippen LogP contribution in [0.2, 0.25) is 0 Å². The number of alkyl halides is 21. The molecule has 0 rings (SSSR count). The zero-order chi connectivity index (χ0) is 47.6. The number of aliphatic hydroxyl groups is 3. The van der Waals surface area contributed by atoms with Gasteiger partial charge in [-0.05, 0) is 0 Å². The first kappa shape index (κ1) is 62.1. The Morgan fingerprint density at radius 1 is 0.328 bits per heavy atom. The minimum absolute atomic E-state index is 0. The van der Waals surface area contributed by atoms with Crippen molar-refractivity contribution in [3.05, 3.63) is 35.5 Å². The van der Waals surface area contributed by atoms with Crippen molar-refractivity contribution in [2.45, 2.75) is 116 Å². The summed E-state index contributed by atoms with van der Waals surface area (Å²) in [4.78, 5) is 32.5. The van der Waals surface area contributed by atoms with Crippen LogP contribution in [0.3, 0.4) is 0 Å². The van der Waals surface area contributed by atoms with Gasteiger partial charge in [-0.1, -0.05) is 62.3 Å². The number of carbonyl (C=O) groups excluding carboxylic acids is 3. The van der Waals surface area contributed by atoms with Crippen molar-refractivity contribution < 1.29 is 159 Å². The second kappa shape index (κ2) is 19.0. The SMILES string of the molecule is CC(C)(C)C(O)=CC(=O)C(F)(F)C(F)(F)C(F)(F)F.CC(C)(C)C(O)=CC(=O)C(F)(F)C(F)(F)C(F)(F)F.CC(C)(C)C(O)=CC(=O)C(F)(F)C(F)(F)C(F)(F)F.[Er]. The first-order chi connectivity index (χ1) is 24.1. The molecule has 0 radical (unpaired) electrons. The number of halogens is 21. The summed E-state index contributed by atoms with van der Waals surface area (Å²) >= 11 is 0. The van der Waals surface area contributed by atoms with Gasteiger partial charge in [0, 0.05) is 71.8 Å². The smallest absolute Gasteiger partial charge is 0.460 e. The van der Waals surface area contributed by atoms with E-state index in [9.17, 15) is 107 Å². The molecular formula is C30H33ErF21O6. The van der Waals surface area contributed by atoms with E-state index >= 15 is 0 Å². The molecule has 0 spiro atoms. The van der Waals surface area contributed by atoms with Crippen LogP contribution in [-0.2, 0) is 14.4 Å². The maximum Gasteiger partial charge on any atom is 0.460 e. The van der Waals surface area contributed by atoms with Crippen LogP contribution in [0.4, 0.5) is 92.2 Å². The summed E-state index contributed by atoms with van der Waals surface area (Å²) in [5.74, 6) is -49.1. The van der Waals surface area contributed by atoms with E-state index in [1.165, 1.54) is 62.3 Å². The number of aliphatic hydroxyl groups excluding tert-OH is 3. The topological polar surface area (TPSA) is 112 Å². The summed E-state index contributed by atoms with van der Waals surface area (Å²) in [7, 11) is 0. The molecule has 0 amide bonds. The first-order valence-electron chi connectivity index (χ1n) is 14.5. The van der Waals surface area contributed by atoms with Crippen molar-refractivity contribution in [1.29, 1.82) is 0 Å². The van der Waals surface area contributed by atoms with Crippen LogP contribution in [-0.4, -0.2) is 86.7 Å². The second-order valence-electron chi connectivity index (χ2n) is 14.4. The molecule has 0 aromatic rings. The average Bonchev–Trinajstić information content (AvgIpc) is 2.93. The monoisotopic (exact) mass is 1050 g/mol. The Labute approximate surface area is 343 Å². The molecule has 0 aliphatic heterocycles. The molecule has 3 N–H and O–H groups in total. The van der Waals surface area contributed by atoms with Gasteiger partial charge in [0.15, 0.2) is 0 Å². The van der Waals surface area contributed by atoms with E-state index in [-0.39, 0.29) is 55.5 Å². The molecule has 0 saturated carbocycles. The Bertz CT molecular complexity index is 1350. The summed E-state index contributed by atoms with van der Waals surface area (Å²) in [6.07, 6.45) is -20.7. The van der Waals surface area contributed by atoms with Crippen molar-refractivity contribution >= 4 is 17.3 Å². The van der Waals surface area contributed by atoms with E-state index in [2.05, 4.69) is 0 Å². The molecule has 6 nitrogen and oxygen atoms in total. The molecule has 0 aliphatic carbocycles. The van der Waals surface area contributed by atoms with E-state index in [1.807, 2.05) is 0 Å². The molecule has 0 aliphatic rings. The summed E-state index contributed by atoms with van der Waals surface area (Å²) in [6.45, 7) is 11.2. The fourth-order valence-electron chi connectivity index (χ4n) is 2.29.